The predicted molar refractivity (Wildman–Crippen MR) is 168 cm³/mol. The molecule has 3 aromatic carbocycles. The molecule has 1 atom stereocenters. The van der Waals surface area contributed by atoms with Crippen LogP contribution in [0.2, 0.25) is 0 Å². The first kappa shape index (κ1) is 31.1. The summed E-state index contributed by atoms with van der Waals surface area (Å²) in [7, 11) is 2.82. The summed E-state index contributed by atoms with van der Waals surface area (Å²) in [6, 6.07) is 19.2. The molecule has 45 heavy (non-hydrogen) atoms. The van der Waals surface area contributed by atoms with E-state index >= 15 is 0 Å². The van der Waals surface area contributed by atoms with Crippen LogP contribution in [-0.4, -0.2) is 38.0 Å². The summed E-state index contributed by atoms with van der Waals surface area (Å²) in [6.07, 6.45) is 3.15. The molecule has 1 aromatic heterocycles. The Balaban J connectivity index is 1.62. The number of hydrogen-bond donors (Lipinski definition) is 0. The SMILES string of the molecule is CCOc1ccc([C@@H]2C(C(=O)OC)=CN=c3s/c(=C/c4cccc(OC)c4OCc4ccccc4C#N)c(=O)n32)cc1OCC. The summed E-state index contributed by atoms with van der Waals surface area (Å²) in [5.74, 6) is 1.33. The van der Waals surface area contributed by atoms with E-state index in [1.807, 2.05) is 32.0 Å². The standard InChI is InChI=1S/C34H31N3O7S/c1-5-42-26-15-14-21(16-28(26)43-6-2)30-25(33(39)41-4)19-36-34-37(30)32(38)29(45-34)17-22-12-9-13-27(40-3)31(22)44-20-24-11-8-7-10-23(24)18-35/h7-17,19,30H,5-6,20H2,1-4H3/b29-17+/t30-/m1/s1. The molecule has 1 aliphatic rings. The maximum absolute atomic E-state index is 14.1. The number of fused-ring (bicyclic) bond motifs is 1. The second kappa shape index (κ2) is 14.0. The first-order valence-electron chi connectivity index (χ1n) is 14.2. The minimum Gasteiger partial charge on any atom is -0.493 e. The fourth-order valence-corrected chi connectivity index (χ4v) is 5.96. The monoisotopic (exact) mass is 625 g/mol. The summed E-state index contributed by atoms with van der Waals surface area (Å²) in [5, 5.41) is 9.50. The lowest BCUT2D eigenvalue weighted by Crippen LogP contribution is -2.39. The van der Waals surface area contributed by atoms with Gasteiger partial charge in [-0.05, 0) is 49.8 Å². The van der Waals surface area contributed by atoms with E-state index in [1.54, 1.807) is 48.5 Å². The lowest BCUT2D eigenvalue weighted by atomic mass is 9.97. The highest BCUT2D eigenvalue weighted by molar-refractivity contribution is 7.07. The molecule has 0 bridgehead atoms. The van der Waals surface area contributed by atoms with Crippen molar-refractivity contribution in [1.29, 1.82) is 5.26 Å². The molecule has 0 radical (unpaired) electrons. The summed E-state index contributed by atoms with van der Waals surface area (Å²) < 4.78 is 30.2. The average Bonchev–Trinajstić information content (AvgIpc) is 3.38. The third kappa shape index (κ3) is 6.32. The highest BCUT2D eigenvalue weighted by Gasteiger charge is 2.31. The van der Waals surface area contributed by atoms with Crippen molar-refractivity contribution in [2.75, 3.05) is 27.4 Å². The molecule has 10 nitrogen and oxygen atoms in total. The number of carbonyl (C=O) groups excluding carboxylic acids is 1. The Kier molecular flexibility index (Phi) is 9.65. The quantitative estimate of drug-likeness (QED) is 0.227. The van der Waals surface area contributed by atoms with Gasteiger partial charge >= 0.3 is 5.97 Å². The third-order valence-corrected chi connectivity index (χ3v) is 8.03. The molecule has 230 valence electrons. The second-order valence-corrected chi connectivity index (χ2v) is 10.7. The van der Waals surface area contributed by atoms with E-state index in [-0.39, 0.29) is 17.7 Å². The van der Waals surface area contributed by atoms with Gasteiger partial charge in [0.15, 0.2) is 27.8 Å². The number of esters is 1. The van der Waals surface area contributed by atoms with Gasteiger partial charge in [0.25, 0.3) is 5.56 Å². The van der Waals surface area contributed by atoms with Gasteiger partial charge in [0.2, 0.25) is 0 Å². The number of hydrogen-bond acceptors (Lipinski definition) is 10. The smallest absolute Gasteiger partial charge is 0.337 e. The van der Waals surface area contributed by atoms with Gasteiger partial charge in [0.05, 0.1) is 55.2 Å². The van der Waals surface area contributed by atoms with E-state index in [9.17, 15) is 14.9 Å². The topological polar surface area (TPSA) is 121 Å². The molecule has 2 heterocycles. The normalized spacial score (nSPS) is 14.0. The minimum atomic E-state index is -0.825. The molecule has 0 saturated heterocycles. The van der Waals surface area contributed by atoms with Gasteiger partial charge in [-0.25, -0.2) is 9.79 Å². The highest BCUT2D eigenvalue weighted by Crippen LogP contribution is 2.35. The van der Waals surface area contributed by atoms with Crippen molar-refractivity contribution in [3.63, 3.8) is 0 Å². The average molecular weight is 626 g/mol. The molecule has 1 aliphatic heterocycles. The third-order valence-electron chi connectivity index (χ3n) is 7.03. The van der Waals surface area contributed by atoms with Gasteiger partial charge in [-0.15, -0.1) is 0 Å². The largest absolute Gasteiger partial charge is 0.493 e. The molecule has 0 N–H and O–H groups in total. The van der Waals surface area contributed by atoms with Gasteiger partial charge in [-0.3, -0.25) is 9.36 Å². The molecule has 0 unspecified atom stereocenters. The van der Waals surface area contributed by atoms with Crippen molar-refractivity contribution in [2.45, 2.75) is 26.5 Å². The van der Waals surface area contributed by atoms with Gasteiger partial charge in [0.1, 0.15) is 6.61 Å². The Morgan fingerprint density at radius 3 is 2.51 bits per heavy atom. The van der Waals surface area contributed by atoms with E-state index in [0.717, 1.165) is 0 Å². The second-order valence-electron chi connectivity index (χ2n) is 9.68. The van der Waals surface area contributed by atoms with Crippen molar-refractivity contribution in [1.82, 2.24) is 4.57 Å². The summed E-state index contributed by atoms with van der Waals surface area (Å²) >= 11 is 1.18. The maximum Gasteiger partial charge on any atom is 0.337 e. The number of benzene rings is 3. The number of nitriles is 1. The predicted octanol–water partition coefficient (Wildman–Crippen LogP) is 4.27. The van der Waals surface area contributed by atoms with Gasteiger partial charge in [-0.2, -0.15) is 5.26 Å². The highest BCUT2D eigenvalue weighted by atomic mass is 32.1. The van der Waals surface area contributed by atoms with E-state index in [0.29, 0.717) is 67.8 Å². The van der Waals surface area contributed by atoms with E-state index in [1.165, 1.54) is 36.3 Å². The first-order chi connectivity index (χ1) is 21.9. The molecule has 0 amide bonds. The van der Waals surface area contributed by atoms with Gasteiger partial charge in [-0.1, -0.05) is 47.7 Å². The van der Waals surface area contributed by atoms with E-state index in [2.05, 4.69) is 11.1 Å². The van der Waals surface area contributed by atoms with Crippen LogP contribution in [0.15, 0.2) is 82.2 Å². The molecule has 11 heteroatoms. The zero-order valence-corrected chi connectivity index (χ0v) is 26.1. The van der Waals surface area contributed by atoms with Crippen LogP contribution in [0.4, 0.5) is 0 Å². The van der Waals surface area contributed by atoms with Gasteiger partial charge < -0.3 is 23.7 Å². The molecule has 4 aromatic rings. The maximum atomic E-state index is 14.1. The fraction of sp³-hybridized carbons (Fsp3) is 0.235. The van der Waals surface area contributed by atoms with Crippen molar-refractivity contribution in [3.8, 4) is 29.1 Å². The summed E-state index contributed by atoms with van der Waals surface area (Å²) in [4.78, 5) is 31.9. The lowest BCUT2D eigenvalue weighted by Gasteiger charge is -2.23. The molecular weight excluding hydrogens is 594 g/mol. The summed E-state index contributed by atoms with van der Waals surface area (Å²) in [5.41, 5.74) is 2.29. The molecule has 5 rings (SSSR count). The van der Waals surface area contributed by atoms with Crippen LogP contribution in [0.25, 0.3) is 6.08 Å². The van der Waals surface area contributed by atoms with Crippen LogP contribution >= 0.6 is 11.3 Å². The number of rotatable bonds is 11. The number of thiazole rings is 1. The molecule has 0 spiro atoms. The van der Waals surface area contributed by atoms with Crippen molar-refractivity contribution >= 4 is 23.4 Å². The zero-order chi connectivity index (χ0) is 31.9. The number of para-hydroxylation sites is 1. The number of aromatic nitrogens is 1. The fourth-order valence-electron chi connectivity index (χ4n) is 5.00. The van der Waals surface area contributed by atoms with Crippen LogP contribution in [0.3, 0.4) is 0 Å². The Morgan fingerprint density at radius 2 is 1.78 bits per heavy atom. The Hall–Kier alpha value is -5.34. The van der Waals surface area contributed by atoms with Crippen LogP contribution in [-0.2, 0) is 16.1 Å². The Bertz CT molecular complexity index is 1990. The molecule has 0 saturated carbocycles. The van der Waals surface area contributed by atoms with Crippen molar-refractivity contribution < 1.29 is 28.5 Å². The van der Waals surface area contributed by atoms with Gasteiger partial charge in [0, 0.05) is 17.3 Å². The number of methoxy groups -OCH3 is 2. The van der Waals surface area contributed by atoms with Crippen molar-refractivity contribution in [2.24, 2.45) is 4.99 Å². The van der Waals surface area contributed by atoms with E-state index in [4.69, 9.17) is 23.7 Å². The van der Waals surface area contributed by atoms with Crippen molar-refractivity contribution in [3.05, 3.63) is 114 Å². The van der Waals surface area contributed by atoms with Crippen LogP contribution in [0, 0.1) is 11.3 Å². The van der Waals surface area contributed by atoms with Crippen LogP contribution in [0.5, 0.6) is 23.0 Å². The Morgan fingerprint density at radius 1 is 1.00 bits per heavy atom. The van der Waals surface area contributed by atoms with Crippen LogP contribution in [0.1, 0.15) is 42.1 Å². The zero-order valence-electron chi connectivity index (χ0n) is 25.2. The van der Waals surface area contributed by atoms with E-state index < -0.39 is 12.0 Å². The number of nitrogens with zero attached hydrogens (tertiary/aromatic N) is 3. The summed E-state index contributed by atoms with van der Waals surface area (Å²) in [6.45, 7) is 4.71. The molecule has 0 fully saturated rings. The number of carbonyl (C=O) groups is 1. The molecular formula is C34H31N3O7S. The number of ether oxygens (including phenoxy) is 5. The minimum absolute atomic E-state index is 0.120. The molecule has 0 aliphatic carbocycles. The Labute approximate surface area is 263 Å². The lowest BCUT2D eigenvalue weighted by molar-refractivity contribution is -0.136. The van der Waals surface area contributed by atoms with Crippen LogP contribution < -0.4 is 33.8 Å². The first-order valence-corrected chi connectivity index (χ1v) is 15.0.